The number of aromatic nitrogens is 4. The molecule has 3 rings (SSSR count). The highest BCUT2D eigenvalue weighted by atomic mass is 79.9. The van der Waals surface area contributed by atoms with Gasteiger partial charge < -0.3 is 5.11 Å². The van der Waals surface area contributed by atoms with Crippen molar-refractivity contribution in [2.45, 2.75) is 0 Å². The first kappa shape index (κ1) is 10.9. The Morgan fingerprint density at radius 3 is 2.94 bits per heavy atom. The number of fused-ring (bicyclic) bond motifs is 3. The standard InChI is InChI=1S/C10H5BrN4O3/c11-4-1-2-6-5(3-4)9(16)12-8-7(10(17)18)13-14-15(6)8/h1-3,14H,(H,17,18). The van der Waals surface area contributed by atoms with Gasteiger partial charge in [0.1, 0.15) is 0 Å². The van der Waals surface area contributed by atoms with Gasteiger partial charge in [0.05, 0.1) is 10.9 Å². The molecule has 0 saturated heterocycles. The van der Waals surface area contributed by atoms with Gasteiger partial charge in [-0.05, 0) is 18.2 Å². The molecule has 0 radical (unpaired) electrons. The summed E-state index contributed by atoms with van der Waals surface area (Å²) in [4.78, 5) is 26.5. The molecule has 0 amide bonds. The summed E-state index contributed by atoms with van der Waals surface area (Å²) < 4.78 is 2.11. The summed E-state index contributed by atoms with van der Waals surface area (Å²) in [7, 11) is 0. The van der Waals surface area contributed by atoms with Crippen LogP contribution in [-0.4, -0.2) is 30.9 Å². The van der Waals surface area contributed by atoms with Crippen LogP contribution in [0.15, 0.2) is 27.5 Å². The number of aromatic carboxylic acids is 1. The van der Waals surface area contributed by atoms with Gasteiger partial charge in [-0.2, -0.15) is 4.98 Å². The lowest BCUT2D eigenvalue weighted by Crippen LogP contribution is -2.11. The minimum atomic E-state index is -1.24. The van der Waals surface area contributed by atoms with E-state index < -0.39 is 11.5 Å². The van der Waals surface area contributed by atoms with Crippen molar-refractivity contribution in [1.82, 2.24) is 19.8 Å². The summed E-state index contributed by atoms with van der Waals surface area (Å²) in [6.45, 7) is 0. The van der Waals surface area contributed by atoms with E-state index in [-0.39, 0.29) is 11.3 Å². The van der Waals surface area contributed by atoms with E-state index in [1.54, 1.807) is 18.2 Å². The van der Waals surface area contributed by atoms with Crippen LogP contribution in [0.3, 0.4) is 0 Å². The van der Waals surface area contributed by atoms with E-state index in [0.29, 0.717) is 10.9 Å². The summed E-state index contributed by atoms with van der Waals surface area (Å²) >= 11 is 3.26. The van der Waals surface area contributed by atoms with E-state index in [1.807, 2.05) is 0 Å². The monoisotopic (exact) mass is 308 g/mol. The number of nitrogens with zero attached hydrogens (tertiary/aromatic N) is 3. The molecule has 0 saturated carbocycles. The highest BCUT2D eigenvalue weighted by molar-refractivity contribution is 9.10. The zero-order chi connectivity index (χ0) is 12.9. The van der Waals surface area contributed by atoms with Gasteiger partial charge in [-0.15, -0.1) is 5.10 Å². The summed E-state index contributed by atoms with van der Waals surface area (Å²) in [5.74, 6) is -1.24. The fourth-order valence-corrected chi connectivity index (χ4v) is 2.11. The van der Waals surface area contributed by atoms with Crippen LogP contribution in [0.1, 0.15) is 10.5 Å². The van der Waals surface area contributed by atoms with Crippen LogP contribution < -0.4 is 5.56 Å². The van der Waals surface area contributed by atoms with Crippen molar-refractivity contribution in [2.75, 3.05) is 0 Å². The van der Waals surface area contributed by atoms with Gasteiger partial charge in [0.15, 0.2) is 5.65 Å². The predicted octanol–water partition coefficient (Wildman–Crippen LogP) is 1.03. The fourth-order valence-electron chi connectivity index (χ4n) is 1.75. The minimum absolute atomic E-state index is 0.00215. The quantitative estimate of drug-likeness (QED) is 0.699. The topological polar surface area (TPSA) is 100 Å². The molecule has 90 valence electrons. The van der Waals surface area contributed by atoms with Gasteiger partial charge in [-0.25, -0.2) is 14.5 Å². The first-order valence-electron chi connectivity index (χ1n) is 4.87. The molecule has 0 aliphatic rings. The Balaban J connectivity index is 2.56. The Bertz CT molecular complexity index is 851. The second-order valence-electron chi connectivity index (χ2n) is 3.60. The predicted molar refractivity (Wildman–Crippen MR) is 65.8 cm³/mol. The zero-order valence-corrected chi connectivity index (χ0v) is 10.3. The molecule has 7 nitrogen and oxygen atoms in total. The van der Waals surface area contributed by atoms with Crippen molar-refractivity contribution >= 4 is 38.4 Å². The highest BCUT2D eigenvalue weighted by Gasteiger charge is 2.17. The maximum absolute atomic E-state index is 11.8. The first-order valence-corrected chi connectivity index (χ1v) is 5.67. The molecule has 0 aliphatic carbocycles. The average Bonchev–Trinajstić information content (AvgIpc) is 2.73. The molecule has 0 atom stereocenters. The second kappa shape index (κ2) is 3.64. The van der Waals surface area contributed by atoms with Gasteiger partial charge in [-0.3, -0.25) is 4.79 Å². The first-order chi connectivity index (χ1) is 8.58. The molecular weight excluding hydrogens is 304 g/mol. The zero-order valence-electron chi connectivity index (χ0n) is 8.72. The van der Waals surface area contributed by atoms with E-state index in [2.05, 4.69) is 31.2 Å². The molecule has 1 aromatic carbocycles. The van der Waals surface area contributed by atoms with Crippen molar-refractivity contribution in [3.05, 3.63) is 38.7 Å². The summed E-state index contributed by atoms with van der Waals surface area (Å²) in [5, 5.41) is 15.5. The van der Waals surface area contributed by atoms with E-state index >= 15 is 0 Å². The Kier molecular flexibility index (Phi) is 2.20. The SMILES string of the molecule is O=C(O)c1n[nH]n2c1nc(=O)c1cc(Br)ccc12. The van der Waals surface area contributed by atoms with Crippen LogP contribution in [0.2, 0.25) is 0 Å². The van der Waals surface area contributed by atoms with Gasteiger partial charge in [0.2, 0.25) is 5.69 Å². The van der Waals surface area contributed by atoms with Gasteiger partial charge in [-0.1, -0.05) is 15.9 Å². The lowest BCUT2D eigenvalue weighted by atomic mass is 10.2. The Morgan fingerprint density at radius 2 is 2.22 bits per heavy atom. The smallest absolute Gasteiger partial charge is 0.360 e. The molecule has 3 aromatic rings. The summed E-state index contributed by atoms with van der Waals surface area (Å²) in [5.41, 5.74) is -0.248. The third-order valence-electron chi connectivity index (χ3n) is 2.53. The lowest BCUT2D eigenvalue weighted by Gasteiger charge is -2.00. The van der Waals surface area contributed by atoms with Crippen LogP contribution in [0, 0.1) is 0 Å². The maximum atomic E-state index is 11.8. The van der Waals surface area contributed by atoms with Crippen molar-refractivity contribution in [1.29, 1.82) is 0 Å². The molecule has 2 aromatic heterocycles. The van der Waals surface area contributed by atoms with Crippen LogP contribution >= 0.6 is 15.9 Å². The summed E-state index contributed by atoms with van der Waals surface area (Å²) in [6, 6.07) is 5.05. The number of benzene rings is 1. The Morgan fingerprint density at radius 1 is 1.44 bits per heavy atom. The number of nitrogens with one attached hydrogen (secondary N) is 1. The van der Waals surface area contributed by atoms with Crippen LogP contribution in [-0.2, 0) is 0 Å². The van der Waals surface area contributed by atoms with Crippen molar-refractivity contribution in [2.24, 2.45) is 0 Å². The Labute approximate surface area is 107 Å². The number of H-pyrrole nitrogens is 1. The number of carboxylic acid groups (broad SMARTS) is 1. The molecule has 18 heavy (non-hydrogen) atoms. The second-order valence-corrected chi connectivity index (χ2v) is 4.52. The molecule has 0 aliphatic heterocycles. The van der Waals surface area contributed by atoms with E-state index in [1.165, 1.54) is 4.52 Å². The van der Waals surface area contributed by atoms with Crippen LogP contribution in [0.25, 0.3) is 16.6 Å². The van der Waals surface area contributed by atoms with Gasteiger partial charge in [0, 0.05) is 4.47 Å². The van der Waals surface area contributed by atoms with E-state index in [0.717, 1.165) is 4.47 Å². The largest absolute Gasteiger partial charge is 0.476 e. The minimum Gasteiger partial charge on any atom is -0.476 e. The normalized spacial score (nSPS) is 11.2. The van der Waals surface area contributed by atoms with Crippen LogP contribution in [0.4, 0.5) is 0 Å². The fraction of sp³-hybridized carbons (Fsp3) is 0. The third kappa shape index (κ3) is 1.42. The Hall–Kier alpha value is -2.22. The molecule has 8 heteroatoms. The van der Waals surface area contributed by atoms with Crippen LogP contribution in [0.5, 0.6) is 0 Å². The molecular formula is C10H5BrN4O3. The molecule has 0 bridgehead atoms. The van der Waals surface area contributed by atoms with Gasteiger partial charge >= 0.3 is 5.97 Å². The molecule has 0 spiro atoms. The maximum Gasteiger partial charge on any atom is 0.360 e. The molecule has 0 fully saturated rings. The average molecular weight is 309 g/mol. The number of hydrogen-bond donors (Lipinski definition) is 2. The van der Waals surface area contributed by atoms with Gasteiger partial charge in [0.25, 0.3) is 5.56 Å². The van der Waals surface area contributed by atoms with Crippen molar-refractivity contribution in [3.63, 3.8) is 0 Å². The molecule has 2 heterocycles. The van der Waals surface area contributed by atoms with Crippen molar-refractivity contribution in [3.8, 4) is 0 Å². The number of carboxylic acids is 1. The number of rotatable bonds is 1. The third-order valence-corrected chi connectivity index (χ3v) is 3.02. The number of aromatic amines is 1. The highest BCUT2D eigenvalue weighted by Crippen LogP contribution is 2.17. The number of halogens is 1. The van der Waals surface area contributed by atoms with Crippen molar-refractivity contribution < 1.29 is 9.90 Å². The summed E-state index contributed by atoms with van der Waals surface area (Å²) in [6.07, 6.45) is 0. The molecule has 0 unspecified atom stereocenters. The molecule has 2 N–H and O–H groups in total. The van der Waals surface area contributed by atoms with E-state index in [9.17, 15) is 9.59 Å². The lowest BCUT2D eigenvalue weighted by molar-refractivity contribution is 0.0692. The number of hydrogen-bond acceptors (Lipinski definition) is 4. The van der Waals surface area contributed by atoms with E-state index in [4.69, 9.17) is 5.11 Å². The number of carbonyl (C=O) groups is 1.